The summed E-state index contributed by atoms with van der Waals surface area (Å²) >= 11 is 0. The number of hydrogen-bond acceptors (Lipinski definition) is 5. The number of nitro benzene ring substituents is 1. The van der Waals surface area contributed by atoms with Crippen molar-refractivity contribution >= 4 is 5.69 Å². The minimum Gasteiger partial charge on any atom is -0.482 e. The van der Waals surface area contributed by atoms with Crippen molar-refractivity contribution < 1.29 is 14.1 Å². The molecule has 7 heteroatoms. The van der Waals surface area contributed by atoms with Crippen LogP contribution in [0.1, 0.15) is 11.1 Å². The van der Waals surface area contributed by atoms with Crippen molar-refractivity contribution in [2.24, 2.45) is 5.73 Å². The Kier molecular flexibility index (Phi) is 4.21. The molecule has 0 spiro atoms. The van der Waals surface area contributed by atoms with Crippen molar-refractivity contribution in [3.63, 3.8) is 0 Å². The highest BCUT2D eigenvalue weighted by atomic mass is 19.1. The van der Waals surface area contributed by atoms with Crippen LogP contribution in [0.4, 0.5) is 10.1 Å². The number of ether oxygens (including phenoxy) is 1. The molecule has 104 valence electrons. The van der Waals surface area contributed by atoms with Gasteiger partial charge in [-0.1, -0.05) is 6.07 Å². The lowest BCUT2D eigenvalue weighted by atomic mass is 10.2. The molecule has 1 aromatic heterocycles. The lowest BCUT2D eigenvalue weighted by Crippen LogP contribution is -2.02. The van der Waals surface area contributed by atoms with Crippen LogP contribution in [0.2, 0.25) is 0 Å². The van der Waals surface area contributed by atoms with Gasteiger partial charge in [-0.2, -0.15) is 0 Å². The van der Waals surface area contributed by atoms with E-state index in [1.54, 1.807) is 6.07 Å². The van der Waals surface area contributed by atoms with Gasteiger partial charge in [0.15, 0.2) is 5.75 Å². The van der Waals surface area contributed by atoms with Crippen molar-refractivity contribution in [3.05, 3.63) is 63.7 Å². The normalized spacial score (nSPS) is 10.3. The minimum absolute atomic E-state index is 0.00638. The molecule has 20 heavy (non-hydrogen) atoms. The van der Waals surface area contributed by atoms with Crippen LogP contribution in [0.5, 0.6) is 5.75 Å². The summed E-state index contributed by atoms with van der Waals surface area (Å²) in [7, 11) is 0. The average molecular weight is 277 g/mol. The first kappa shape index (κ1) is 13.9. The molecule has 0 fully saturated rings. The number of nitrogens with zero attached hydrogens (tertiary/aromatic N) is 2. The summed E-state index contributed by atoms with van der Waals surface area (Å²) in [6.07, 6.45) is 2.51. The molecule has 1 aromatic carbocycles. The fourth-order valence-corrected chi connectivity index (χ4v) is 1.65. The third-order valence-corrected chi connectivity index (χ3v) is 2.61. The van der Waals surface area contributed by atoms with Gasteiger partial charge < -0.3 is 10.5 Å². The summed E-state index contributed by atoms with van der Waals surface area (Å²) in [6.45, 7) is 0.197. The molecule has 0 aliphatic carbocycles. The Labute approximate surface area is 114 Å². The van der Waals surface area contributed by atoms with Crippen LogP contribution >= 0.6 is 0 Å². The van der Waals surface area contributed by atoms with E-state index in [-0.39, 0.29) is 24.6 Å². The van der Waals surface area contributed by atoms with E-state index in [4.69, 9.17) is 10.5 Å². The number of nitro groups is 1. The minimum atomic E-state index is -0.543. The van der Waals surface area contributed by atoms with Crippen LogP contribution in [0.15, 0.2) is 36.7 Å². The molecule has 2 N–H and O–H groups in total. The van der Waals surface area contributed by atoms with Gasteiger partial charge in [0.1, 0.15) is 12.4 Å². The molecular formula is C13H12FN3O3. The molecule has 6 nitrogen and oxygen atoms in total. The number of rotatable bonds is 5. The number of pyridine rings is 1. The lowest BCUT2D eigenvalue weighted by Gasteiger charge is -2.07. The van der Waals surface area contributed by atoms with Crippen LogP contribution in [0.3, 0.4) is 0 Å². The molecule has 0 saturated heterocycles. The van der Waals surface area contributed by atoms with Crippen molar-refractivity contribution in [3.8, 4) is 5.75 Å². The van der Waals surface area contributed by atoms with Gasteiger partial charge in [0.2, 0.25) is 0 Å². The van der Waals surface area contributed by atoms with Crippen LogP contribution in [-0.2, 0) is 13.2 Å². The highest BCUT2D eigenvalue weighted by molar-refractivity contribution is 5.48. The maximum Gasteiger partial charge on any atom is 0.311 e. The van der Waals surface area contributed by atoms with Gasteiger partial charge in [-0.15, -0.1) is 0 Å². The average Bonchev–Trinajstić information content (AvgIpc) is 2.45. The third-order valence-electron chi connectivity index (χ3n) is 2.61. The third kappa shape index (κ3) is 3.27. The summed E-state index contributed by atoms with van der Waals surface area (Å²) in [5.41, 5.74) is 6.39. The van der Waals surface area contributed by atoms with E-state index in [2.05, 4.69) is 4.98 Å². The SMILES string of the molecule is NCc1ccc(OCc2cncc(F)c2)c([N+](=O)[O-])c1. The Morgan fingerprint density at radius 1 is 1.30 bits per heavy atom. The van der Waals surface area contributed by atoms with E-state index in [1.807, 2.05) is 0 Å². The van der Waals surface area contributed by atoms with E-state index in [0.29, 0.717) is 11.1 Å². The van der Waals surface area contributed by atoms with E-state index in [9.17, 15) is 14.5 Å². The fourth-order valence-electron chi connectivity index (χ4n) is 1.65. The molecular weight excluding hydrogens is 265 g/mol. The quantitative estimate of drug-likeness (QED) is 0.668. The van der Waals surface area contributed by atoms with Crippen molar-refractivity contribution in [2.45, 2.75) is 13.2 Å². The predicted molar refractivity (Wildman–Crippen MR) is 69.5 cm³/mol. The second-order valence-corrected chi connectivity index (χ2v) is 4.06. The second kappa shape index (κ2) is 6.07. The standard InChI is InChI=1S/C13H12FN3O3/c14-11-3-10(6-16-7-11)8-20-13-2-1-9(5-15)4-12(13)17(18)19/h1-4,6-7H,5,8,15H2. The second-order valence-electron chi connectivity index (χ2n) is 4.06. The zero-order valence-electron chi connectivity index (χ0n) is 10.5. The predicted octanol–water partition coefficient (Wildman–Crippen LogP) is 2.17. The van der Waals surface area contributed by atoms with Crippen molar-refractivity contribution in [1.82, 2.24) is 4.98 Å². The molecule has 0 aliphatic heterocycles. The first-order chi connectivity index (χ1) is 9.60. The Balaban J connectivity index is 2.18. The smallest absolute Gasteiger partial charge is 0.311 e. The molecule has 0 aliphatic rings. The number of halogens is 1. The monoisotopic (exact) mass is 277 g/mol. The molecule has 1 heterocycles. The Morgan fingerprint density at radius 2 is 2.10 bits per heavy atom. The van der Waals surface area contributed by atoms with Gasteiger partial charge in [-0.05, 0) is 17.7 Å². The first-order valence-corrected chi connectivity index (χ1v) is 5.80. The summed E-state index contributed by atoms with van der Waals surface area (Å²) in [6, 6.07) is 5.74. The first-order valence-electron chi connectivity index (χ1n) is 5.80. The van der Waals surface area contributed by atoms with Gasteiger partial charge in [0.25, 0.3) is 0 Å². The maximum atomic E-state index is 13.0. The largest absolute Gasteiger partial charge is 0.482 e. The topological polar surface area (TPSA) is 91.3 Å². The van der Waals surface area contributed by atoms with Gasteiger partial charge in [0, 0.05) is 24.4 Å². The van der Waals surface area contributed by atoms with Crippen molar-refractivity contribution in [1.29, 1.82) is 0 Å². The number of hydrogen-bond donors (Lipinski definition) is 1. The van der Waals surface area contributed by atoms with E-state index in [1.165, 1.54) is 24.4 Å². The van der Waals surface area contributed by atoms with Crippen LogP contribution in [0.25, 0.3) is 0 Å². The number of aromatic nitrogens is 1. The van der Waals surface area contributed by atoms with Gasteiger partial charge in [0.05, 0.1) is 11.1 Å². The zero-order chi connectivity index (χ0) is 14.5. The molecule has 2 rings (SSSR count). The summed E-state index contributed by atoms with van der Waals surface area (Å²) in [5, 5.41) is 11.0. The van der Waals surface area contributed by atoms with E-state index in [0.717, 1.165) is 6.20 Å². The summed E-state index contributed by atoms with van der Waals surface area (Å²) < 4.78 is 18.3. The summed E-state index contributed by atoms with van der Waals surface area (Å²) in [5.74, 6) is -0.379. The summed E-state index contributed by atoms with van der Waals surface area (Å²) in [4.78, 5) is 14.1. The zero-order valence-corrected chi connectivity index (χ0v) is 10.5. The number of nitrogens with two attached hydrogens (primary N) is 1. The van der Waals surface area contributed by atoms with Gasteiger partial charge in [-0.3, -0.25) is 15.1 Å². The number of benzene rings is 1. The van der Waals surface area contributed by atoms with Gasteiger partial charge >= 0.3 is 5.69 Å². The Hall–Kier alpha value is -2.54. The highest BCUT2D eigenvalue weighted by Crippen LogP contribution is 2.28. The van der Waals surface area contributed by atoms with E-state index < -0.39 is 10.7 Å². The lowest BCUT2D eigenvalue weighted by molar-refractivity contribution is -0.386. The van der Waals surface area contributed by atoms with Crippen LogP contribution in [0, 0.1) is 15.9 Å². The Morgan fingerprint density at radius 3 is 2.75 bits per heavy atom. The molecule has 0 unspecified atom stereocenters. The molecule has 2 aromatic rings. The molecule has 0 amide bonds. The van der Waals surface area contributed by atoms with Crippen LogP contribution in [-0.4, -0.2) is 9.91 Å². The van der Waals surface area contributed by atoms with Gasteiger partial charge in [-0.25, -0.2) is 4.39 Å². The fraction of sp³-hybridized carbons (Fsp3) is 0.154. The molecule has 0 saturated carbocycles. The van der Waals surface area contributed by atoms with E-state index >= 15 is 0 Å². The van der Waals surface area contributed by atoms with Crippen LogP contribution < -0.4 is 10.5 Å². The highest BCUT2D eigenvalue weighted by Gasteiger charge is 2.15. The molecule has 0 atom stereocenters. The Bertz CT molecular complexity index is 634. The molecule has 0 radical (unpaired) electrons. The maximum absolute atomic E-state index is 13.0. The molecule has 0 bridgehead atoms. The van der Waals surface area contributed by atoms with Crippen molar-refractivity contribution in [2.75, 3.05) is 0 Å².